The first-order chi connectivity index (χ1) is 7.72. The number of hydrogen-bond acceptors (Lipinski definition) is 4. The van der Waals surface area contributed by atoms with Crippen LogP contribution in [0.4, 0.5) is 5.82 Å². The highest BCUT2D eigenvalue weighted by Gasteiger charge is 2.31. The summed E-state index contributed by atoms with van der Waals surface area (Å²) in [5.41, 5.74) is 0.440. The van der Waals surface area contributed by atoms with E-state index in [1.54, 1.807) is 12.4 Å². The minimum Gasteiger partial charge on any atom is -0.351 e. The lowest BCUT2D eigenvalue weighted by atomic mass is 10.2. The van der Waals surface area contributed by atoms with Crippen LogP contribution >= 0.6 is 0 Å². The van der Waals surface area contributed by atoms with Gasteiger partial charge in [0.25, 0.3) is 0 Å². The third-order valence-corrected chi connectivity index (χ3v) is 2.61. The van der Waals surface area contributed by atoms with Gasteiger partial charge in [0.15, 0.2) is 11.5 Å². The molecule has 1 fully saturated rings. The van der Waals surface area contributed by atoms with Crippen molar-refractivity contribution >= 4 is 5.82 Å². The normalized spacial score (nSPS) is 14.9. The van der Waals surface area contributed by atoms with Crippen molar-refractivity contribution < 1.29 is 0 Å². The maximum absolute atomic E-state index is 9.02. The average Bonchev–Trinajstić information content (AvgIpc) is 3.09. The zero-order valence-electron chi connectivity index (χ0n) is 9.72. The molecule has 2 rings (SSSR count). The lowest BCUT2D eigenvalue weighted by Crippen LogP contribution is -2.31. The van der Waals surface area contributed by atoms with Crippen LogP contribution in [0.15, 0.2) is 12.4 Å². The largest absolute Gasteiger partial charge is 0.351 e. The Morgan fingerprint density at radius 1 is 1.44 bits per heavy atom. The molecule has 0 saturated heterocycles. The van der Waals surface area contributed by atoms with E-state index < -0.39 is 0 Å². The fraction of sp³-hybridized carbons (Fsp3) is 0.583. The molecular formula is C12H16N4. The number of rotatable bonds is 4. The molecule has 4 nitrogen and oxygen atoms in total. The molecule has 1 aromatic rings. The molecule has 0 bridgehead atoms. The minimum atomic E-state index is 0.440. The summed E-state index contributed by atoms with van der Waals surface area (Å²) < 4.78 is 0. The van der Waals surface area contributed by atoms with E-state index >= 15 is 0 Å². The molecule has 1 aromatic heterocycles. The Kier molecular flexibility index (Phi) is 3.04. The Bertz CT molecular complexity index is 404. The molecule has 0 atom stereocenters. The SMILES string of the molecule is CC(C)CN(c1nccnc1C#N)C1CC1. The zero-order chi connectivity index (χ0) is 11.5. The van der Waals surface area contributed by atoms with Crippen LogP contribution in [-0.4, -0.2) is 22.6 Å². The molecule has 0 spiro atoms. The van der Waals surface area contributed by atoms with E-state index in [1.807, 2.05) is 0 Å². The quantitative estimate of drug-likeness (QED) is 0.772. The highest BCUT2D eigenvalue weighted by Crippen LogP contribution is 2.32. The molecule has 0 N–H and O–H groups in total. The molecule has 0 unspecified atom stereocenters. The Balaban J connectivity index is 2.27. The predicted molar refractivity (Wildman–Crippen MR) is 62.0 cm³/mol. The first-order valence-electron chi connectivity index (χ1n) is 5.70. The second-order valence-electron chi connectivity index (χ2n) is 4.62. The number of nitrogens with zero attached hydrogens (tertiary/aromatic N) is 4. The standard InChI is InChI=1S/C12H16N4/c1-9(2)8-16(10-3-4-10)12-11(7-13)14-5-6-15-12/h5-6,9-10H,3-4,8H2,1-2H3. The summed E-state index contributed by atoms with van der Waals surface area (Å²) in [6.45, 7) is 5.30. The van der Waals surface area contributed by atoms with Crippen LogP contribution in [0.1, 0.15) is 32.4 Å². The molecule has 1 heterocycles. The van der Waals surface area contributed by atoms with Crippen LogP contribution in [-0.2, 0) is 0 Å². The second kappa shape index (κ2) is 4.48. The van der Waals surface area contributed by atoms with Gasteiger partial charge in [-0.1, -0.05) is 13.8 Å². The minimum absolute atomic E-state index is 0.440. The topological polar surface area (TPSA) is 52.8 Å². The van der Waals surface area contributed by atoms with Gasteiger partial charge in [-0.05, 0) is 18.8 Å². The highest BCUT2D eigenvalue weighted by molar-refractivity contribution is 5.51. The molecule has 1 saturated carbocycles. The van der Waals surface area contributed by atoms with E-state index in [1.165, 1.54) is 12.8 Å². The smallest absolute Gasteiger partial charge is 0.183 e. The number of hydrogen-bond donors (Lipinski definition) is 0. The molecular weight excluding hydrogens is 200 g/mol. The van der Waals surface area contributed by atoms with Crippen LogP contribution < -0.4 is 4.90 Å². The first-order valence-corrected chi connectivity index (χ1v) is 5.70. The van der Waals surface area contributed by atoms with Gasteiger partial charge in [0.2, 0.25) is 0 Å². The second-order valence-corrected chi connectivity index (χ2v) is 4.62. The van der Waals surface area contributed by atoms with E-state index in [0.29, 0.717) is 17.7 Å². The summed E-state index contributed by atoms with van der Waals surface area (Å²) in [7, 11) is 0. The molecule has 0 radical (unpaired) electrons. The van der Waals surface area contributed by atoms with Crippen LogP contribution in [0.2, 0.25) is 0 Å². The number of aromatic nitrogens is 2. The molecule has 84 valence electrons. The van der Waals surface area contributed by atoms with Gasteiger partial charge in [-0.3, -0.25) is 0 Å². The summed E-state index contributed by atoms with van der Waals surface area (Å²) >= 11 is 0. The summed E-state index contributed by atoms with van der Waals surface area (Å²) in [4.78, 5) is 10.6. The maximum Gasteiger partial charge on any atom is 0.183 e. The van der Waals surface area contributed by atoms with Crippen LogP contribution in [0.3, 0.4) is 0 Å². The van der Waals surface area contributed by atoms with Gasteiger partial charge in [0, 0.05) is 25.0 Å². The van der Waals surface area contributed by atoms with Crippen LogP contribution in [0.5, 0.6) is 0 Å². The monoisotopic (exact) mass is 216 g/mol. The van der Waals surface area contributed by atoms with E-state index in [-0.39, 0.29) is 0 Å². The van der Waals surface area contributed by atoms with Gasteiger partial charge in [-0.25, -0.2) is 9.97 Å². The fourth-order valence-electron chi connectivity index (χ4n) is 1.81. The van der Waals surface area contributed by atoms with Gasteiger partial charge >= 0.3 is 0 Å². The molecule has 16 heavy (non-hydrogen) atoms. The van der Waals surface area contributed by atoms with Crippen molar-refractivity contribution in [1.82, 2.24) is 9.97 Å². The van der Waals surface area contributed by atoms with E-state index in [2.05, 4.69) is 34.8 Å². The summed E-state index contributed by atoms with van der Waals surface area (Å²) in [6.07, 6.45) is 5.64. The Labute approximate surface area is 95.9 Å². The maximum atomic E-state index is 9.02. The predicted octanol–water partition coefficient (Wildman–Crippen LogP) is 1.97. The van der Waals surface area contributed by atoms with Crippen LogP contribution in [0, 0.1) is 17.2 Å². The molecule has 1 aliphatic carbocycles. The van der Waals surface area contributed by atoms with Crippen molar-refractivity contribution in [2.24, 2.45) is 5.92 Å². The van der Waals surface area contributed by atoms with Gasteiger partial charge in [-0.2, -0.15) is 5.26 Å². The van der Waals surface area contributed by atoms with Crippen molar-refractivity contribution in [2.75, 3.05) is 11.4 Å². The van der Waals surface area contributed by atoms with Crippen molar-refractivity contribution in [1.29, 1.82) is 5.26 Å². The van der Waals surface area contributed by atoms with Gasteiger partial charge < -0.3 is 4.90 Å². The van der Waals surface area contributed by atoms with Gasteiger partial charge in [-0.15, -0.1) is 0 Å². The van der Waals surface area contributed by atoms with Crippen molar-refractivity contribution in [3.8, 4) is 6.07 Å². The Morgan fingerprint density at radius 2 is 2.12 bits per heavy atom. The Hall–Kier alpha value is -1.63. The van der Waals surface area contributed by atoms with E-state index in [4.69, 9.17) is 5.26 Å². The molecule has 0 aromatic carbocycles. The van der Waals surface area contributed by atoms with E-state index in [0.717, 1.165) is 12.4 Å². The average molecular weight is 216 g/mol. The lowest BCUT2D eigenvalue weighted by molar-refractivity contribution is 0.601. The van der Waals surface area contributed by atoms with Gasteiger partial charge in [0.05, 0.1) is 0 Å². The number of anilines is 1. The lowest BCUT2D eigenvalue weighted by Gasteiger charge is -2.25. The highest BCUT2D eigenvalue weighted by atomic mass is 15.2. The van der Waals surface area contributed by atoms with E-state index in [9.17, 15) is 0 Å². The fourth-order valence-corrected chi connectivity index (χ4v) is 1.81. The Morgan fingerprint density at radius 3 is 2.69 bits per heavy atom. The first kappa shape index (κ1) is 10.9. The summed E-state index contributed by atoms with van der Waals surface area (Å²) in [5, 5.41) is 9.02. The van der Waals surface area contributed by atoms with Crippen molar-refractivity contribution in [3.05, 3.63) is 18.1 Å². The van der Waals surface area contributed by atoms with Crippen molar-refractivity contribution in [3.63, 3.8) is 0 Å². The zero-order valence-corrected chi connectivity index (χ0v) is 9.72. The molecule has 0 amide bonds. The van der Waals surface area contributed by atoms with Crippen LogP contribution in [0.25, 0.3) is 0 Å². The molecule has 4 heteroatoms. The van der Waals surface area contributed by atoms with Crippen molar-refractivity contribution in [2.45, 2.75) is 32.7 Å². The third-order valence-electron chi connectivity index (χ3n) is 2.61. The number of nitriles is 1. The van der Waals surface area contributed by atoms with Gasteiger partial charge in [0.1, 0.15) is 6.07 Å². The third kappa shape index (κ3) is 2.30. The summed E-state index contributed by atoms with van der Waals surface area (Å²) in [5.74, 6) is 1.32. The summed E-state index contributed by atoms with van der Waals surface area (Å²) in [6, 6.07) is 2.68. The molecule has 1 aliphatic rings. The molecule has 0 aliphatic heterocycles.